The Bertz CT molecular complexity index is 418. The molecule has 0 saturated carbocycles. The van der Waals surface area contributed by atoms with Crippen molar-refractivity contribution in [2.24, 2.45) is 0 Å². The van der Waals surface area contributed by atoms with Crippen molar-refractivity contribution < 1.29 is 18.4 Å². The van der Waals surface area contributed by atoms with Crippen LogP contribution in [0.1, 0.15) is 40.2 Å². The van der Waals surface area contributed by atoms with Crippen LogP contribution in [0.15, 0.2) is 18.2 Å². The molecule has 0 aliphatic carbocycles. The van der Waals surface area contributed by atoms with Crippen molar-refractivity contribution in [3.8, 4) is 0 Å². The summed E-state index contributed by atoms with van der Waals surface area (Å²) in [7, 11) is 0. The van der Waals surface area contributed by atoms with E-state index < -0.39 is 17.6 Å². The van der Waals surface area contributed by atoms with Gasteiger partial charge in [-0.3, -0.25) is 9.59 Å². The van der Waals surface area contributed by atoms with Crippen LogP contribution >= 0.6 is 11.6 Å². The summed E-state index contributed by atoms with van der Waals surface area (Å²) in [5.41, 5.74) is -0.450. The molecule has 0 heterocycles. The topological polar surface area (TPSA) is 34.1 Å². The van der Waals surface area contributed by atoms with Gasteiger partial charge in [-0.25, -0.2) is 8.78 Å². The van der Waals surface area contributed by atoms with Crippen molar-refractivity contribution in [3.05, 3.63) is 34.9 Å². The van der Waals surface area contributed by atoms with Crippen LogP contribution < -0.4 is 0 Å². The third-order valence-corrected chi connectivity index (χ3v) is 2.67. The highest BCUT2D eigenvalue weighted by Gasteiger charge is 2.24. The number of ketones is 1. The maximum atomic E-state index is 12.7. The molecule has 1 atom stereocenters. The van der Waals surface area contributed by atoms with E-state index >= 15 is 0 Å². The van der Waals surface area contributed by atoms with Gasteiger partial charge < -0.3 is 0 Å². The Morgan fingerprint density at radius 2 is 2.06 bits per heavy atom. The summed E-state index contributed by atoms with van der Waals surface area (Å²) in [6.07, 6.45) is -2.35. The third-order valence-electron chi connectivity index (χ3n) is 2.15. The molecule has 0 aromatic heterocycles. The first-order valence-electron chi connectivity index (χ1n) is 4.49. The number of hydrogen-bond acceptors (Lipinski definition) is 2. The SMILES string of the molecule is CC(=O)C(Cl)c1c(C=O)cccc1C(F)F. The van der Waals surface area contributed by atoms with Crippen LogP contribution in [0.2, 0.25) is 0 Å². The van der Waals surface area contributed by atoms with E-state index in [0.717, 1.165) is 6.07 Å². The van der Waals surface area contributed by atoms with Crippen molar-refractivity contribution in [2.45, 2.75) is 18.7 Å². The Labute approximate surface area is 96.2 Å². The van der Waals surface area contributed by atoms with E-state index in [4.69, 9.17) is 11.6 Å². The molecule has 0 amide bonds. The fraction of sp³-hybridized carbons (Fsp3) is 0.273. The summed E-state index contributed by atoms with van der Waals surface area (Å²) < 4.78 is 25.4. The molecule has 0 spiro atoms. The summed E-state index contributed by atoms with van der Waals surface area (Å²) in [6.45, 7) is 1.19. The zero-order valence-electron chi connectivity index (χ0n) is 8.41. The van der Waals surface area contributed by atoms with Crippen molar-refractivity contribution in [2.75, 3.05) is 0 Å². The molecule has 5 heteroatoms. The van der Waals surface area contributed by atoms with E-state index in [1.54, 1.807) is 0 Å². The molecule has 16 heavy (non-hydrogen) atoms. The van der Waals surface area contributed by atoms with Gasteiger partial charge in [0.2, 0.25) is 0 Å². The van der Waals surface area contributed by atoms with Crippen LogP contribution in [0.5, 0.6) is 0 Å². The van der Waals surface area contributed by atoms with Crippen LogP contribution in [-0.2, 0) is 4.79 Å². The Morgan fingerprint density at radius 3 is 2.50 bits per heavy atom. The van der Waals surface area contributed by atoms with Gasteiger partial charge in [-0.1, -0.05) is 18.2 Å². The van der Waals surface area contributed by atoms with Gasteiger partial charge in [-0.15, -0.1) is 11.6 Å². The van der Waals surface area contributed by atoms with E-state index in [-0.39, 0.29) is 16.7 Å². The molecule has 2 nitrogen and oxygen atoms in total. The van der Waals surface area contributed by atoms with E-state index in [1.165, 1.54) is 19.1 Å². The van der Waals surface area contributed by atoms with E-state index in [9.17, 15) is 18.4 Å². The Kier molecular flexibility index (Phi) is 4.12. The van der Waals surface area contributed by atoms with Gasteiger partial charge in [0, 0.05) is 11.1 Å². The van der Waals surface area contributed by atoms with Crippen LogP contribution in [0.3, 0.4) is 0 Å². The fourth-order valence-electron chi connectivity index (χ4n) is 1.39. The zero-order chi connectivity index (χ0) is 12.3. The molecule has 1 rings (SSSR count). The normalized spacial score (nSPS) is 12.6. The van der Waals surface area contributed by atoms with E-state index in [1.807, 2.05) is 0 Å². The molecular formula is C11H9ClF2O2. The monoisotopic (exact) mass is 246 g/mol. The number of benzene rings is 1. The molecule has 0 fully saturated rings. The van der Waals surface area contributed by atoms with Gasteiger partial charge in [0.1, 0.15) is 11.7 Å². The van der Waals surface area contributed by atoms with Gasteiger partial charge >= 0.3 is 0 Å². The van der Waals surface area contributed by atoms with Crippen LogP contribution in [-0.4, -0.2) is 12.1 Å². The molecule has 0 radical (unpaired) electrons. The number of aldehydes is 1. The minimum atomic E-state index is -2.77. The van der Waals surface area contributed by atoms with Crippen molar-refractivity contribution in [1.29, 1.82) is 0 Å². The number of alkyl halides is 3. The average Bonchev–Trinajstić information content (AvgIpc) is 2.26. The van der Waals surface area contributed by atoms with Gasteiger partial charge in [0.05, 0.1) is 0 Å². The predicted octanol–water partition coefficient (Wildman–Crippen LogP) is 3.31. The highest BCUT2D eigenvalue weighted by molar-refractivity contribution is 6.31. The van der Waals surface area contributed by atoms with Gasteiger partial charge in [0.25, 0.3) is 6.43 Å². The minimum Gasteiger partial charge on any atom is -0.298 e. The lowest BCUT2D eigenvalue weighted by Crippen LogP contribution is -2.09. The van der Waals surface area contributed by atoms with E-state index in [0.29, 0.717) is 6.29 Å². The Balaban J connectivity index is 3.41. The molecular weight excluding hydrogens is 238 g/mol. The molecule has 0 N–H and O–H groups in total. The summed E-state index contributed by atoms with van der Waals surface area (Å²) in [5, 5.41) is -1.22. The first-order chi connectivity index (χ1) is 7.49. The van der Waals surface area contributed by atoms with Crippen molar-refractivity contribution in [1.82, 2.24) is 0 Å². The number of carbonyl (C=O) groups is 2. The van der Waals surface area contributed by atoms with Crippen LogP contribution in [0.4, 0.5) is 8.78 Å². The lowest BCUT2D eigenvalue weighted by atomic mass is 9.97. The van der Waals surface area contributed by atoms with Crippen molar-refractivity contribution >= 4 is 23.7 Å². The number of hydrogen-bond donors (Lipinski definition) is 0. The lowest BCUT2D eigenvalue weighted by molar-refractivity contribution is -0.116. The molecule has 0 saturated heterocycles. The Morgan fingerprint density at radius 1 is 1.44 bits per heavy atom. The third kappa shape index (κ3) is 2.44. The highest BCUT2D eigenvalue weighted by Crippen LogP contribution is 2.33. The molecule has 86 valence electrons. The number of halogens is 3. The van der Waals surface area contributed by atoms with Gasteiger partial charge in [-0.05, 0) is 12.5 Å². The summed E-state index contributed by atoms with van der Waals surface area (Å²) in [6, 6.07) is 3.84. The number of rotatable bonds is 4. The molecule has 0 bridgehead atoms. The molecule has 1 aromatic rings. The summed E-state index contributed by atoms with van der Waals surface area (Å²) >= 11 is 5.73. The Hall–Kier alpha value is -1.29. The second kappa shape index (κ2) is 5.16. The standard InChI is InChI=1S/C11H9ClF2O2/c1-6(16)10(12)9-7(5-15)3-2-4-8(9)11(13)14/h2-5,10-11H,1H3. The average molecular weight is 247 g/mol. The highest BCUT2D eigenvalue weighted by atomic mass is 35.5. The first kappa shape index (κ1) is 12.8. The summed E-state index contributed by atoms with van der Waals surface area (Å²) in [5.74, 6) is -0.474. The first-order valence-corrected chi connectivity index (χ1v) is 4.93. The van der Waals surface area contributed by atoms with Gasteiger partial charge in [0.15, 0.2) is 5.78 Å². The molecule has 1 unspecified atom stereocenters. The maximum Gasteiger partial charge on any atom is 0.264 e. The lowest BCUT2D eigenvalue weighted by Gasteiger charge is -2.14. The largest absolute Gasteiger partial charge is 0.298 e. The van der Waals surface area contributed by atoms with Gasteiger partial charge in [-0.2, -0.15) is 0 Å². The summed E-state index contributed by atoms with van der Waals surface area (Å²) in [4.78, 5) is 21.8. The van der Waals surface area contributed by atoms with E-state index in [2.05, 4.69) is 0 Å². The van der Waals surface area contributed by atoms with Crippen LogP contribution in [0.25, 0.3) is 0 Å². The van der Waals surface area contributed by atoms with Crippen molar-refractivity contribution in [3.63, 3.8) is 0 Å². The van der Waals surface area contributed by atoms with Crippen LogP contribution in [0, 0.1) is 0 Å². The molecule has 0 aliphatic rings. The zero-order valence-corrected chi connectivity index (χ0v) is 9.17. The minimum absolute atomic E-state index is 0.0213. The molecule has 1 aromatic carbocycles. The second-order valence-corrected chi connectivity index (χ2v) is 3.68. The second-order valence-electron chi connectivity index (χ2n) is 3.24. The number of carbonyl (C=O) groups excluding carboxylic acids is 2. The maximum absolute atomic E-state index is 12.7. The smallest absolute Gasteiger partial charge is 0.264 e. The number of Topliss-reactive ketones (excluding diaryl/α,β-unsaturated/α-hetero) is 1. The fourth-order valence-corrected chi connectivity index (χ4v) is 1.64. The quantitative estimate of drug-likeness (QED) is 0.603. The molecule has 0 aliphatic heterocycles. The predicted molar refractivity (Wildman–Crippen MR) is 56.1 cm³/mol.